The number of nitrogens with one attached hydrogen (secondary N) is 1. The number of amidine groups is 1. The lowest BCUT2D eigenvalue weighted by Crippen LogP contribution is -2.31. The summed E-state index contributed by atoms with van der Waals surface area (Å²) in [6.07, 6.45) is 4.56. The summed E-state index contributed by atoms with van der Waals surface area (Å²) in [6, 6.07) is 2.10. The van der Waals surface area contributed by atoms with Crippen molar-refractivity contribution in [2.75, 3.05) is 18.0 Å². The summed E-state index contributed by atoms with van der Waals surface area (Å²) in [5, 5.41) is 7.86. The Hall–Kier alpha value is -1.58. The van der Waals surface area contributed by atoms with E-state index in [1.165, 1.54) is 24.1 Å². The summed E-state index contributed by atoms with van der Waals surface area (Å²) in [7, 11) is 0. The highest BCUT2D eigenvalue weighted by atomic mass is 15.2. The molecule has 0 atom stereocenters. The van der Waals surface area contributed by atoms with Crippen molar-refractivity contribution >= 4 is 11.7 Å². The second kappa shape index (κ2) is 6.25. The number of pyridine rings is 1. The van der Waals surface area contributed by atoms with Crippen LogP contribution < -0.4 is 10.6 Å². The number of hydrogen-bond donors (Lipinski definition) is 2. The van der Waals surface area contributed by atoms with Crippen LogP contribution in [0.25, 0.3) is 0 Å². The first kappa shape index (κ1) is 14.8. The van der Waals surface area contributed by atoms with Gasteiger partial charge in [0.25, 0.3) is 0 Å². The van der Waals surface area contributed by atoms with Gasteiger partial charge >= 0.3 is 0 Å². The van der Waals surface area contributed by atoms with Gasteiger partial charge in [-0.25, -0.2) is 4.98 Å². The quantitative estimate of drug-likeness (QED) is 0.641. The van der Waals surface area contributed by atoms with E-state index in [4.69, 9.17) is 16.1 Å². The fraction of sp³-hybridized carbons (Fsp3) is 0.625. The van der Waals surface area contributed by atoms with Crippen molar-refractivity contribution in [3.63, 3.8) is 0 Å². The number of aromatic nitrogens is 1. The monoisotopic (exact) mass is 274 g/mol. The Balaban J connectivity index is 2.45. The number of nitrogen functional groups attached to an aromatic ring is 1. The Morgan fingerprint density at radius 2 is 2.10 bits per heavy atom. The third-order valence-corrected chi connectivity index (χ3v) is 3.84. The van der Waals surface area contributed by atoms with Crippen LogP contribution in [0.2, 0.25) is 0 Å². The minimum absolute atomic E-state index is 0.128. The van der Waals surface area contributed by atoms with Crippen molar-refractivity contribution in [2.45, 2.75) is 46.5 Å². The van der Waals surface area contributed by atoms with Gasteiger partial charge in [0, 0.05) is 18.8 Å². The third-order valence-electron chi connectivity index (χ3n) is 3.84. The predicted octanol–water partition coefficient (Wildman–Crippen LogP) is 2.73. The standard InChI is InChI=1S/C16H26N4/c1-4-20(10-11(2)3)16-13(15(17)18)9-12-7-5-6-8-14(12)19-16/h9,11H,4-8,10H2,1-3H3,(H3,17,18). The second-order valence-corrected chi connectivity index (χ2v) is 6.02. The topological polar surface area (TPSA) is 66.0 Å². The van der Waals surface area contributed by atoms with Gasteiger partial charge < -0.3 is 10.6 Å². The molecule has 0 radical (unpaired) electrons. The molecule has 0 spiro atoms. The van der Waals surface area contributed by atoms with Crippen molar-refractivity contribution in [3.8, 4) is 0 Å². The van der Waals surface area contributed by atoms with Gasteiger partial charge in [0.1, 0.15) is 11.7 Å². The fourth-order valence-electron chi connectivity index (χ4n) is 2.87. The van der Waals surface area contributed by atoms with Gasteiger partial charge in [-0.3, -0.25) is 5.41 Å². The fourth-order valence-corrected chi connectivity index (χ4v) is 2.87. The summed E-state index contributed by atoms with van der Waals surface area (Å²) >= 11 is 0. The summed E-state index contributed by atoms with van der Waals surface area (Å²) in [6.45, 7) is 8.38. The van der Waals surface area contributed by atoms with Crippen molar-refractivity contribution < 1.29 is 0 Å². The maximum absolute atomic E-state index is 7.86. The Bertz CT molecular complexity index is 493. The average molecular weight is 274 g/mol. The largest absolute Gasteiger partial charge is 0.384 e. The number of nitrogens with zero attached hydrogens (tertiary/aromatic N) is 2. The molecule has 110 valence electrons. The first-order valence-corrected chi connectivity index (χ1v) is 7.65. The molecule has 0 fully saturated rings. The molecule has 1 aliphatic carbocycles. The van der Waals surface area contributed by atoms with E-state index in [0.717, 1.165) is 37.3 Å². The highest BCUT2D eigenvalue weighted by Gasteiger charge is 2.20. The highest BCUT2D eigenvalue weighted by Crippen LogP contribution is 2.27. The zero-order valence-corrected chi connectivity index (χ0v) is 12.9. The van der Waals surface area contributed by atoms with Crippen LogP contribution >= 0.6 is 0 Å². The molecule has 0 aliphatic heterocycles. The molecule has 0 unspecified atom stereocenters. The van der Waals surface area contributed by atoms with Crippen molar-refractivity contribution in [1.29, 1.82) is 5.41 Å². The first-order valence-electron chi connectivity index (χ1n) is 7.65. The van der Waals surface area contributed by atoms with Crippen LogP contribution in [0.4, 0.5) is 5.82 Å². The molecular formula is C16H26N4. The number of fused-ring (bicyclic) bond motifs is 1. The SMILES string of the molecule is CCN(CC(C)C)c1nc2c(cc1C(=N)N)CCCC2. The van der Waals surface area contributed by atoms with Crippen molar-refractivity contribution in [2.24, 2.45) is 11.7 Å². The van der Waals surface area contributed by atoms with Gasteiger partial charge in [0.15, 0.2) is 0 Å². The molecular weight excluding hydrogens is 248 g/mol. The van der Waals surface area contributed by atoms with Gasteiger partial charge in [-0.15, -0.1) is 0 Å². The van der Waals surface area contributed by atoms with Crippen molar-refractivity contribution in [3.05, 3.63) is 22.9 Å². The average Bonchev–Trinajstić information content (AvgIpc) is 2.43. The van der Waals surface area contributed by atoms with E-state index in [0.29, 0.717) is 5.92 Å². The summed E-state index contributed by atoms with van der Waals surface area (Å²) in [5.41, 5.74) is 9.08. The molecule has 0 amide bonds. The molecule has 1 aliphatic rings. The molecule has 3 N–H and O–H groups in total. The zero-order chi connectivity index (χ0) is 14.7. The molecule has 0 saturated heterocycles. The molecule has 0 aromatic carbocycles. The Labute approximate surface area is 121 Å². The van der Waals surface area contributed by atoms with Gasteiger partial charge in [-0.05, 0) is 50.2 Å². The van der Waals surface area contributed by atoms with E-state index >= 15 is 0 Å². The van der Waals surface area contributed by atoms with Crippen LogP contribution in [0.3, 0.4) is 0 Å². The summed E-state index contributed by atoms with van der Waals surface area (Å²) < 4.78 is 0. The van der Waals surface area contributed by atoms with Gasteiger partial charge in [-0.2, -0.15) is 0 Å². The lowest BCUT2D eigenvalue weighted by Gasteiger charge is -2.28. The molecule has 1 aromatic rings. The molecule has 2 rings (SSSR count). The van der Waals surface area contributed by atoms with Crippen LogP contribution in [-0.2, 0) is 12.8 Å². The maximum Gasteiger partial charge on any atom is 0.139 e. The minimum atomic E-state index is 0.128. The van der Waals surface area contributed by atoms with E-state index in [1.807, 2.05) is 0 Å². The van der Waals surface area contributed by atoms with Crippen LogP contribution in [0.15, 0.2) is 6.07 Å². The van der Waals surface area contributed by atoms with E-state index in [9.17, 15) is 0 Å². The van der Waals surface area contributed by atoms with Gasteiger partial charge in [0.05, 0.1) is 5.56 Å². The minimum Gasteiger partial charge on any atom is -0.384 e. The summed E-state index contributed by atoms with van der Waals surface area (Å²) in [4.78, 5) is 7.11. The number of anilines is 1. The van der Waals surface area contributed by atoms with Crippen LogP contribution in [0, 0.1) is 11.3 Å². The molecule has 20 heavy (non-hydrogen) atoms. The number of nitrogens with two attached hydrogens (primary N) is 1. The predicted molar refractivity (Wildman–Crippen MR) is 84.6 cm³/mol. The van der Waals surface area contributed by atoms with Crippen LogP contribution in [0.5, 0.6) is 0 Å². The Morgan fingerprint density at radius 1 is 1.40 bits per heavy atom. The van der Waals surface area contributed by atoms with Crippen molar-refractivity contribution in [1.82, 2.24) is 4.98 Å². The summed E-state index contributed by atoms with van der Waals surface area (Å²) in [5.74, 6) is 1.59. The Morgan fingerprint density at radius 3 is 2.70 bits per heavy atom. The van der Waals surface area contributed by atoms with E-state index in [2.05, 4.69) is 31.7 Å². The molecule has 4 heteroatoms. The van der Waals surface area contributed by atoms with E-state index in [1.54, 1.807) is 0 Å². The maximum atomic E-state index is 7.86. The Kier molecular flexibility index (Phi) is 4.63. The third kappa shape index (κ3) is 3.11. The smallest absolute Gasteiger partial charge is 0.139 e. The van der Waals surface area contributed by atoms with E-state index < -0.39 is 0 Å². The zero-order valence-electron chi connectivity index (χ0n) is 12.9. The number of hydrogen-bond acceptors (Lipinski definition) is 3. The van der Waals surface area contributed by atoms with Gasteiger partial charge in [0.2, 0.25) is 0 Å². The number of aryl methyl sites for hydroxylation is 2. The van der Waals surface area contributed by atoms with Crippen LogP contribution in [-0.4, -0.2) is 23.9 Å². The van der Waals surface area contributed by atoms with Crippen LogP contribution in [0.1, 0.15) is 50.4 Å². The molecule has 1 aromatic heterocycles. The first-order chi connectivity index (χ1) is 9.52. The molecule has 1 heterocycles. The molecule has 0 saturated carbocycles. The second-order valence-electron chi connectivity index (χ2n) is 6.02. The van der Waals surface area contributed by atoms with Gasteiger partial charge in [-0.1, -0.05) is 13.8 Å². The lowest BCUT2D eigenvalue weighted by molar-refractivity contribution is 0.609. The number of rotatable bonds is 5. The highest BCUT2D eigenvalue weighted by molar-refractivity contribution is 5.99. The lowest BCUT2D eigenvalue weighted by atomic mass is 9.94. The van der Waals surface area contributed by atoms with E-state index in [-0.39, 0.29) is 5.84 Å². The normalized spacial score (nSPS) is 14.2. The molecule has 0 bridgehead atoms. The molecule has 4 nitrogen and oxygen atoms in total.